The Balaban J connectivity index is 1.69. The first-order chi connectivity index (χ1) is 14.2. The number of fused-ring (bicyclic) bond motifs is 3. The van der Waals surface area contributed by atoms with Gasteiger partial charge in [0.1, 0.15) is 5.60 Å². The number of carbonyl (C=O) groups is 2. The zero-order valence-corrected chi connectivity index (χ0v) is 18.2. The summed E-state index contributed by atoms with van der Waals surface area (Å²) in [6.07, 6.45) is 1.42. The van der Waals surface area contributed by atoms with Crippen molar-refractivity contribution in [3.8, 4) is 0 Å². The van der Waals surface area contributed by atoms with Crippen molar-refractivity contribution in [2.24, 2.45) is 0 Å². The number of hydrogen-bond acceptors (Lipinski definition) is 3. The summed E-state index contributed by atoms with van der Waals surface area (Å²) in [4.78, 5) is 30.1. The van der Waals surface area contributed by atoms with Gasteiger partial charge in [-0.25, -0.2) is 4.79 Å². The quantitative estimate of drug-likeness (QED) is 0.659. The smallest absolute Gasteiger partial charge is 0.410 e. The van der Waals surface area contributed by atoms with E-state index < -0.39 is 5.60 Å². The van der Waals surface area contributed by atoms with Crippen LogP contribution in [0.3, 0.4) is 0 Å². The molecule has 0 unspecified atom stereocenters. The fraction of sp³-hybridized carbons (Fsp3) is 0.440. The summed E-state index contributed by atoms with van der Waals surface area (Å²) in [5, 5.41) is 0. The van der Waals surface area contributed by atoms with Crippen molar-refractivity contribution in [3.63, 3.8) is 0 Å². The maximum atomic E-state index is 13.5. The molecule has 158 valence electrons. The Morgan fingerprint density at radius 1 is 1.07 bits per heavy atom. The van der Waals surface area contributed by atoms with Crippen LogP contribution in [0.15, 0.2) is 48.5 Å². The van der Waals surface area contributed by atoms with Gasteiger partial charge in [0, 0.05) is 36.3 Å². The van der Waals surface area contributed by atoms with Crippen LogP contribution in [-0.2, 0) is 4.74 Å². The van der Waals surface area contributed by atoms with Gasteiger partial charge >= 0.3 is 6.09 Å². The number of benzene rings is 2. The fourth-order valence-corrected chi connectivity index (χ4v) is 4.60. The molecule has 0 N–H and O–H groups in total. The number of ether oxygens (including phenoxy) is 1. The molecule has 0 spiro atoms. The summed E-state index contributed by atoms with van der Waals surface area (Å²) in [6, 6.07) is 15.8. The van der Waals surface area contributed by atoms with Gasteiger partial charge in [-0.15, -0.1) is 0 Å². The molecule has 2 aliphatic heterocycles. The van der Waals surface area contributed by atoms with E-state index in [1.807, 2.05) is 60.9 Å². The van der Waals surface area contributed by atoms with Gasteiger partial charge in [-0.05, 0) is 64.3 Å². The van der Waals surface area contributed by atoms with Crippen LogP contribution in [0.1, 0.15) is 61.0 Å². The van der Waals surface area contributed by atoms with Crippen molar-refractivity contribution in [2.45, 2.75) is 58.1 Å². The number of amides is 2. The summed E-state index contributed by atoms with van der Waals surface area (Å²) in [5.41, 5.74) is 3.45. The molecule has 5 nitrogen and oxygen atoms in total. The molecule has 1 fully saturated rings. The summed E-state index contributed by atoms with van der Waals surface area (Å²) in [6.45, 7) is 8.95. The third-order valence-electron chi connectivity index (χ3n) is 5.87. The average molecular weight is 407 g/mol. The van der Waals surface area contributed by atoms with E-state index in [1.165, 1.54) is 0 Å². The standard InChI is InChI=1S/C25H30N2O3/c1-17-12-13-22-19(15-17)20-16-26(24(29)30-25(2,3)4)14-8-11-21(20)27(22)23(28)18-9-6-5-7-10-18/h5-7,9-10,12-13,15,20-21H,8,11,14,16H2,1-4H3/t20-,21-/m1/s1. The highest BCUT2D eigenvalue weighted by Crippen LogP contribution is 2.45. The number of nitrogens with zero attached hydrogens (tertiary/aromatic N) is 2. The summed E-state index contributed by atoms with van der Waals surface area (Å²) in [5.74, 6) is 0.113. The molecular formula is C25H30N2O3. The number of aryl methyl sites for hydroxylation is 1. The first-order valence-corrected chi connectivity index (χ1v) is 10.7. The van der Waals surface area contributed by atoms with Gasteiger partial charge < -0.3 is 14.5 Å². The maximum absolute atomic E-state index is 13.5. The molecule has 4 rings (SSSR count). The lowest BCUT2D eigenvalue weighted by atomic mass is 9.92. The SMILES string of the molecule is Cc1ccc2c(c1)[C@H]1CN(C(=O)OC(C)(C)C)CCC[C@H]1N2C(=O)c1ccccc1. The zero-order valence-electron chi connectivity index (χ0n) is 18.2. The molecule has 2 heterocycles. The zero-order chi connectivity index (χ0) is 21.5. The summed E-state index contributed by atoms with van der Waals surface area (Å²) >= 11 is 0. The largest absolute Gasteiger partial charge is 0.444 e. The molecule has 2 aromatic rings. The van der Waals surface area contributed by atoms with E-state index >= 15 is 0 Å². The molecule has 0 saturated carbocycles. The molecule has 5 heteroatoms. The lowest BCUT2D eigenvalue weighted by Crippen LogP contribution is -2.42. The predicted octanol–water partition coefficient (Wildman–Crippen LogP) is 5.14. The molecule has 2 aromatic carbocycles. The van der Waals surface area contributed by atoms with E-state index in [-0.39, 0.29) is 24.0 Å². The number of likely N-dealkylation sites (tertiary alicyclic amines) is 1. The lowest BCUT2D eigenvalue weighted by Gasteiger charge is -2.29. The predicted molar refractivity (Wildman–Crippen MR) is 118 cm³/mol. The fourth-order valence-electron chi connectivity index (χ4n) is 4.60. The van der Waals surface area contributed by atoms with Crippen LogP contribution in [0.4, 0.5) is 10.5 Å². The van der Waals surface area contributed by atoms with Crippen LogP contribution in [0.25, 0.3) is 0 Å². The first kappa shape index (κ1) is 20.5. The van der Waals surface area contributed by atoms with E-state index in [2.05, 4.69) is 25.1 Å². The molecule has 1 saturated heterocycles. The minimum atomic E-state index is -0.526. The molecule has 0 aliphatic carbocycles. The van der Waals surface area contributed by atoms with Crippen LogP contribution in [-0.4, -0.2) is 41.6 Å². The van der Waals surface area contributed by atoms with Crippen LogP contribution >= 0.6 is 0 Å². The summed E-state index contributed by atoms with van der Waals surface area (Å²) < 4.78 is 5.64. The van der Waals surface area contributed by atoms with Crippen molar-refractivity contribution >= 4 is 17.7 Å². The van der Waals surface area contributed by atoms with E-state index in [9.17, 15) is 9.59 Å². The van der Waals surface area contributed by atoms with Crippen molar-refractivity contribution in [1.82, 2.24) is 4.90 Å². The number of anilines is 1. The Morgan fingerprint density at radius 3 is 2.50 bits per heavy atom. The molecule has 0 radical (unpaired) electrons. The van der Waals surface area contributed by atoms with Crippen molar-refractivity contribution in [3.05, 3.63) is 65.2 Å². The monoisotopic (exact) mass is 406 g/mol. The van der Waals surface area contributed by atoms with Gasteiger partial charge in [-0.1, -0.05) is 35.9 Å². The summed E-state index contributed by atoms with van der Waals surface area (Å²) in [7, 11) is 0. The molecule has 0 aromatic heterocycles. The Morgan fingerprint density at radius 2 is 1.80 bits per heavy atom. The number of hydrogen-bond donors (Lipinski definition) is 0. The second kappa shape index (κ2) is 7.78. The van der Waals surface area contributed by atoms with E-state index in [1.54, 1.807) is 0 Å². The lowest BCUT2D eigenvalue weighted by molar-refractivity contribution is 0.0249. The molecule has 2 aliphatic rings. The average Bonchev–Trinajstić information content (AvgIpc) is 2.84. The Bertz CT molecular complexity index is 949. The van der Waals surface area contributed by atoms with Crippen LogP contribution in [0.5, 0.6) is 0 Å². The molecular weight excluding hydrogens is 376 g/mol. The van der Waals surface area contributed by atoms with Gasteiger partial charge in [0.2, 0.25) is 0 Å². The van der Waals surface area contributed by atoms with E-state index in [4.69, 9.17) is 4.74 Å². The van der Waals surface area contributed by atoms with Gasteiger partial charge in [-0.2, -0.15) is 0 Å². The van der Waals surface area contributed by atoms with Crippen molar-refractivity contribution in [1.29, 1.82) is 0 Å². The number of carbonyl (C=O) groups excluding carboxylic acids is 2. The van der Waals surface area contributed by atoms with Crippen molar-refractivity contribution < 1.29 is 14.3 Å². The third kappa shape index (κ3) is 3.93. The minimum absolute atomic E-state index is 0.0268. The highest BCUT2D eigenvalue weighted by molar-refractivity contribution is 6.08. The topological polar surface area (TPSA) is 49.9 Å². The molecule has 30 heavy (non-hydrogen) atoms. The van der Waals surface area contributed by atoms with Gasteiger partial charge in [0.25, 0.3) is 5.91 Å². The second-order valence-corrected chi connectivity index (χ2v) is 9.35. The number of rotatable bonds is 1. The minimum Gasteiger partial charge on any atom is -0.444 e. The van der Waals surface area contributed by atoms with Crippen LogP contribution < -0.4 is 4.90 Å². The first-order valence-electron chi connectivity index (χ1n) is 10.7. The third-order valence-corrected chi connectivity index (χ3v) is 5.87. The van der Waals surface area contributed by atoms with Crippen LogP contribution in [0.2, 0.25) is 0 Å². The van der Waals surface area contributed by atoms with Gasteiger partial charge in [0.15, 0.2) is 0 Å². The van der Waals surface area contributed by atoms with Crippen molar-refractivity contribution in [2.75, 3.05) is 18.0 Å². The Kier molecular flexibility index (Phi) is 5.31. The maximum Gasteiger partial charge on any atom is 0.410 e. The Labute approximate surface area is 178 Å². The molecule has 0 bridgehead atoms. The second-order valence-electron chi connectivity index (χ2n) is 9.35. The highest BCUT2D eigenvalue weighted by Gasteiger charge is 2.44. The molecule has 2 atom stereocenters. The van der Waals surface area contributed by atoms with Gasteiger partial charge in [-0.3, -0.25) is 4.79 Å². The van der Waals surface area contributed by atoms with E-state index in [0.717, 1.165) is 29.7 Å². The van der Waals surface area contributed by atoms with Gasteiger partial charge in [0.05, 0.1) is 0 Å². The Hall–Kier alpha value is -2.82. The molecule has 2 amide bonds. The van der Waals surface area contributed by atoms with E-state index in [0.29, 0.717) is 18.7 Å². The highest BCUT2D eigenvalue weighted by atomic mass is 16.6. The normalized spacial score (nSPS) is 20.9. The van der Waals surface area contributed by atoms with Crippen LogP contribution in [0, 0.1) is 6.92 Å².